The van der Waals surface area contributed by atoms with Gasteiger partial charge in [-0.15, -0.1) is 0 Å². The average Bonchev–Trinajstić information content (AvgIpc) is 2.34. The molecule has 3 N–H and O–H groups in total. The minimum Gasteiger partial charge on any atom is -0.444 e. The largest absolute Gasteiger partial charge is 0.444 e. The fourth-order valence-electron chi connectivity index (χ4n) is 2.63. The molecule has 5 nitrogen and oxygen atoms in total. The Morgan fingerprint density at radius 1 is 1.38 bits per heavy atom. The molecular weight excluding hydrogens is 266 g/mol. The molecule has 0 aromatic carbocycles. The Balaban J connectivity index is 2.40. The third-order valence-corrected chi connectivity index (χ3v) is 3.42. The molecule has 1 fully saturated rings. The van der Waals surface area contributed by atoms with Gasteiger partial charge >= 0.3 is 6.09 Å². The predicted molar refractivity (Wildman–Crippen MR) is 86.5 cm³/mol. The number of rotatable bonds is 6. The summed E-state index contributed by atoms with van der Waals surface area (Å²) in [6.45, 7) is 12.8. The van der Waals surface area contributed by atoms with E-state index >= 15 is 0 Å². The van der Waals surface area contributed by atoms with Crippen molar-refractivity contribution in [3.8, 4) is 0 Å². The number of hydrogen-bond acceptors (Lipinski definition) is 4. The second-order valence-electron chi connectivity index (χ2n) is 7.42. The van der Waals surface area contributed by atoms with Crippen LogP contribution >= 0.6 is 0 Å². The lowest BCUT2D eigenvalue weighted by atomic mass is 10.0. The maximum absolute atomic E-state index is 11.8. The van der Waals surface area contributed by atoms with E-state index in [1.165, 1.54) is 12.8 Å². The average molecular weight is 299 g/mol. The highest BCUT2D eigenvalue weighted by Crippen LogP contribution is 2.10. The van der Waals surface area contributed by atoms with E-state index in [4.69, 9.17) is 4.74 Å². The van der Waals surface area contributed by atoms with Gasteiger partial charge in [0.2, 0.25) is 0 Å². The van der Waals surface area contributed by atoms with Crippen molar-refractivity contribution >= 4 is 6.09 Å². The number of ether oxygens (including phenoxy) is 1. The van der Waals surface area contributed by atoms with Crippen LogP contribution in [0.25, 0.3) is 0 Å². The molecule has 2 atom stereocenters. The monoisotopic (exact) mass is 299 g/mol. The summed E-state index contributed by atoms with van der Waals surface area (Å²) in [5.74, 6) is 0.597. The van der Waals surface area contributed by atoms with Crippen molar-refractivity contribution < 1.29 is 9.53 Å². The van der Waals surface area contributed by atoms with E-state index < -0.39 is 5.60 Å². The summed E-state index contributed by atoms with van der Waals surface area (Å²) in [5.41, 5.74) is -0.446. The van der Waals surface area contributed by atoms with Crippen LogP contribution in [0, 0.1) is 5.92 Å². The molecule has 1 aliphatic rings. The zero-order valence-electron chi connectivity index (χ0n) is 14.3. The van der Waals surface area contributed by atoms with Crippen LogP contribution in [0.5, 0.6) is 0 Å². The van der Waals surface area contributed by atoms with Crippen LogP contribution in [0.2, 0.25) is 0 Å². The molecular formula is C16H33N3O2. The molecule has 0 aromatic rings. The highest BCUT2D eigenvalue weighted by Gasteiger charge is 2.21. The molecule has 0 spiro atoms. The maximum atomic E-state index is 11.8. The van der Waals surface area contributed by atoms with E-state index in [2.05, 4.69) is 29.8 Å². The van der Waals surface area contributed by atoms with Crippen molar-refractivity contribution in [2.24, 2.45) is 5.92 Å². The van der Waals surface area contributed by atoms with E-state index in [-0.39, 0.29) is 6.09 Å². The van der Waals surface area contributed by atoms with Gasteiger partial charge in [0.1, 0.15) is 5.60 Å². The lowest BCUT2D eigenvalue weighted by Gasteiger charge is -2.30. The number of carbonyl (C=O) groups excluding carboxylic acids is 1. The highest BCUT2D eigenvalue weighted by atomic mass is 16.6. The standard InChI is InChI=1S/C16H33N3O2/c1-12(2)9-14(19-13-7-6-8-17-10-13)11-18-15(20)21-16(3,4)5/h12-14,17,19H,6-11H2,1-5H3,(H,18,20). The second-order valence-corrected chi connectivity index (χ2v) is 7.42. The molecule has 1 saturated heterocycles. The van der Waals surface area contributed by atoms with Crippen LogP contribution in [0.1, 0.15) is 53.9 Å². The summed E-state index contributed by atoms with van der Waals surface area (Å²) in [6, 6.07) is 0.797. The summed E-state index contributed by atoms with van der Waals surface area (Å²) >= 11 is 0. The normalized spacial score (nSPS) is 21.1. The van der Waals surface area contributed by atoms with Gasteiger partial charge in [-0.3, -0.25) is 0 Å². The van der Waals surface area contributed by atoms with E-state index in [0.717, 1.165) is 19.5 Å². The lowest BCUT2D eigenvalue weighted by molar-refractivity contribution is 0.0519. The fourth-order valence-corrected chi connectivity index (χ4v) is 2.63. The Bertz CT molecular complexity index is 307. The van der Waals surface area contributed by atoms with Gasteiger partial charge in [-0.1, -0.05) is 13.8 Å². The molecule has 0 bridgehead atoms. The van der Waals surface area contributed by atoms with Gasteiger partial charge in [-0.25, -0.2) is 4.79 Å². The van der Waals surface area contributed by atoms with Crippen molar-refractivity contribution in [1.82, 2.24) is 16.0 Å². The predicted octanol–water partition coefficient (Wildman–Crippen LogP) is 2.27. The van der Waals surface area contributed by atoms with Gasteiger partial charge in [-0.05, 0) is 52.5 Å². The third-order valence-electron chi connectivity index (χ3n) is 3.42. The molecule has 0 aliphatic carbocycles. The molecule has 0 radical (unpaired) electrons. The molecule has 1 heterocycles. The molecule has 5 heteroatoms. The van der Waals surface area contributed by atoms with Gasteiger partial charge in [0.05, 0.1) is 0 Å². The van der Waals surface area contributed by atoms with Crippen LogP contribution in [-0.4, -0.2) is 43.4 Å². The first kappa shape index (κ1) is 18.2. The Morgan fingerprint density at radius 2 is 2.10 bits per heavy atom. The highest BCUT2D eigenvalue weighted by molar-refractivity contribution is 5.67. The summed E-state index contributed by atoms with van der Waals surface area (Å²) in [4.78, 5) is 11.8. The topological polar surface area (TPSA) is 62.4 Å². The van der Waals surface area contributed by atoms with Crippen molar-refractivity contribution in [3.63, 3.8) is 0 Å². The van der Waals surface area contributed by atoms with E-state index in [9.17, 15) is 4.79 Å². The Morgan fingerprint density at radius 3 is 2.62 bits per heavy atom. The first-order chi connectivity index (χ1) is 9.76. The number of amides is 1. The van der Waals surface area contributed by atoms with E-state index in [0.29, 0.717) is 24.5 Å². The number of hydrogen-bond donors (Lipinski definition) is 3. The van der Waals surface area contributed by atoms with Crippen LogP contribution < -0.4 is 16.0 Å². The Hall–Kier alpha value is -0.810. The number of alkyl carbamates (subject to hydrolysis) is 1. The molecule has 1 amide bonds. The molecule has 0 saturated carbocycles. The second kappa shape index (κ2) is 8.59. The van der Waals surface area contributed by atoms with Gasteiger partial charge < -0.3 is 20.7 Å². The molecule has 1 aliphatic heterocycles. The van der Waals surface area contributed by atoms with Gasteiger partial charge in [0.25, 0.3) is 0 Å². The van der Waals surface area contributed by atoms with Crippen molar-refractivity contribution in [2.45, 2.75) is 71.6 Å². The SMILES string of the molecule is CC(C)CC(CNC(=O)OC(C)(C)C)NC1CCCNC1. The molecule has 2 unspecified atom stereocenters. The zero-order chi connectivity index (χ0) is 15.9. The molecule has 124 valence electrons. The summed E-state index contributed by atoms with van der Waals surface area (Å²) in [6.07, 6.45) is 3.13. The smallest absolute Gasteiger partial charge is 0.407 e. The van der Waals surface area contributed by atoms with Gasteiger partial charge in [0, 0.05) is 25.2 Å². The molecule has 1 rings (SSSR count). The fraction of sp³-hybridized carbons (Fsp3) is 0.938. The van der Waals surface area contributed by atoms with Crippen LogP contribution in [-0.2, 0) is 4.74 Å². The Labute approximate surface area is 129 Å². The van der Waals surface area contributed by atoms with E-state index in [1.807, 2.05) is 20.8 Å². The number of carbonyl (C=O) groups is 1. The molecule has 0 aromatic heterocycles. The molecule has 21 heavy (non-hydrogen) atoms. The van der Waals surface area contributed by atoms with Gasteiger partial charge in [0.15, 0.2) is 0 Å². The maximum Gasteiger partial charge on any atom is 0.407 e. The first-order valence-electron chi connectivity index (χ1n) is 8.20. The zero-order valence-corrected chi connectivity index (χ0v) is 14.3. The third kappa shape index (κ3) is 8.94. The quantitative estimate of drug-likeness (QED) is 0.704. The van der Waals surface area contributed by atoms with Crippen LogP contribution in [0.4, 0.5) is 4.79 Å². The first-order valence-corrected chi connectivity index (χ1v) is 8.20. The minimum absolute atomic E-state index is 0.294. The number of piperidine rings is 1. The minimum atomic E-state index is -0.446. The van der Waals surface area contributed by atoms with Crippen LogP contribution in [0.3, 0.4) is 0 Å². The van der Waals surface area contributed by atoms with Crippen molar-refractivity contribution in [2.75, 3.05) is 19.6 Å². The van der Waals surface area contributed by atoms with Crippen molar-refractivity contribution in [1.29, 1.82) is 0 Å². The van der Waals surface area contributed by atoms with Gasteiger partial charge in [-0.2, -0.15) is 0 Å². The summed E-state index contributed by atoms with van der Waals surface area (Å²) < 4.78 is 5.29. The van der Waals surface area contributed by atoms with Crippen molar-refractivity contribution in [3.05, 3.63) is 0 Å². The number of nitrogens with one attached hydrogen (secondary N) is 3. The Kier molecular flexibility index (Phi) is 7.46. The summed E-state index contributed by atoms with van der Waals surface area (Å²) in [5, 5.41) is 9.98. The van der Waals surface area contributed by atoms with Crippen LogP contribution in [0.15, 0.2) is 0 Å². The lowest BCUT2D eigenvalue weighted by Crippen LogP contribution is -2.51. The van der Waals surface area contributed by atoms with E-state index in [1.54, 1.807) is 0 Å². The summed E-state index contributed by atoms with van der Waals surface area (Å²) in [7, 11) is 0.